The van der Waals surface area contributed by atoms with Crippen LogP contribution in [0, 0.1) is 5.41 Å². The molecule has 1 aromatic heterocycles. The van der Waals surface area contributed by atoms with E-state index < -0.39 is 0 Å². The van der Waals surface area contributed by atoms with Gasteiger partial charge in [-0.3, -0.25) is 15.0 Å². The van der Waals surface area contributed by atoms with E-state index in [9.17, 15) is 9.59 Å². The van der Waals surface area contributed by atoms with Crippen molar-refractivity contribution >= 4 is 34.7 Å². The van der Waals surface area contributed by atoms with Gasteiger partial charge in [0.15, 0.2) is 0 Å². The second-order valence-electron chi connectivity index (χ2n) is 4.66. The van der Waals surface area contributed by atoms with Crippen LogP contribution >= 0.6 is 0 Å². The number of amidine groups is 1. The molecule has 0 fully saturated rings. The number of benzene rings is 1. The maximum absolute atomic E-state index is 12.1. The molecule has 5 N–H and O–H groups in total. The number of carbonyl (C=O) groups excluding carboxylic acids is 2. The Labute approximate surface area is 121 Å². The number of nitrogens with two attached hydrogens (primary N) is 1. The molecular weight excluding hydrogens is 270 g/mol. The Balaban J connectivity index is 2.23. The highest BCUT2D eigenvalue weighted by Crippen LogP contribution is 2.22. The van der Waals surface area contributed by atoms with Gasteiger partial charge in [0.25, 0.3) is 5.91 Å². The van der Waals surface area contributed by atoms with Gasteiger partial charge in [0.05, 0.1) is 5.84 Å². The van der Waals surface area contributed by atoms with Crippen LogP contribution in [-0.2, 0) is 11.8 Å². The van der Waals surface area contributed by atoms with Gasteiger partial charge in [-0.1, -0.05) is 0 Å². The van der Waals surface area contributed by atoms with Gasteiger partial charge in [-0.05, 0) is 24.3 Å². The Bertz CT molecular complexity index is 705. The van der Waals surface area contributed by atoms with Gasteiger partial charge in [-0.25, -0.2) is 0 Å². The summed E-state index contributed by atoms with van der Waals surface area (Å²) in [4.78, 5) is 22.6. The highest BCUT2D eigenvalue weighted by atomic mass is 16.2. The van der Waals surface area contributed by atoms with Crippen molar-refractivity contribution in [2.45, 2.75) is 6.42 Å². The molecule has 2 amide bonds. The number of hydrogen-bond donors (Lipinski definition) is 4. The Morgan fingerprint density at radius 1 is 1.43 bits per heavy atom. The van der Waals surface area contributed by atoms with Gasteiger partial charge < -0.3 is 20.9 Å². The monoisotopic (exact) mass is 287 g/mol. The minimum atomic E-state index is -0.222. The number of anilines is 1. The summed E-state index contributed by atoms with van der Waals surface area (Å²) in [5, 5.41) is 13.3. The molecule has 0 saturated heterocycles. The molecule has 7 nitrogen and oxygen atoms in total. The number of nitrogens with zero attached hydrogens (tertiary/aromatic N) is 1. The van der Waals surface area contributed by atoms with Crippen LogP contribution in [0.3, 0.4) is 0 Å². The predicted octanol–water partition coefficient (Wildman–Crippen LogP) is 0.802. The lowest BCUT2D eigenvalue weighted by molar-refractivity contribution is -0.105. The Kier molecular flexibility index (Phi) is 4.22. The maximum atomic E-state index is 12.1. The average molecular weight is 287 g/mol. The SMILES string of the molecule is Cn1c(C(=O)NCCC(=N)N)cc2cc(NC=O)ccc21. The first kappa shape index (κ1) is 14.6. The minimum Gasteiger partial charge on any atom is -0.388 e. The van der Waals surface area contributed by atoms with Crippen molar-refractivity contribution < 1.29 is 9.59 Å². The zero-order chi connectivity index (χ0) is 15.4. The van der Waals surface area contributed by atoms with Crippen molar-refractivity contribution in [2.24, 2.45) is 12.8 Å². The summed E-state index contributed by atoms with van der Waals surface area (Å²) in [5.74, 6) is -0.184. The molecule has 2 aromatic rings. The third-order valence-electron chi connectivity index (χ3n) is 3.18. The van der Waals surface area contributed by atoms with E-state index in [-0.39, 0.29) is 11.7 Å². The van der Waals surface area contributed by atoms with Gasteiger partial charge in [0.1, 0.15) is 5.69 Å². The van der Waals surface area contributed by atoms with Crippen molar-refractivity contribution in [1.82, 2.24) is 9.88 Å². The van der Waals surface area contributed by atoms with E-state index >= 15 is 0 Å². The fraction of sp³-hybridized carbons (Fsp3) is 0.214. The van der Waals surface area contributed by atoms with Crippen molar-refractivity contribution in [3.63, 3.8) is 0 Å². The Morgan fingerprint density at radius 3 is 2.86 bits per heavy atom. The number of carbonyl (C=O) groups is 2. The van der Waals surface area contributed by atoms with Crippen molar-refractivity contribution in [3.8, 4) is 0 Å². The second-order valence-corrected chi connectivity index (χ2v) is 4.66. The number of rotatable bonds is 6. The Morgan fingerprint density at radius 2 is 2.19 bits per heavy atom. The first-order valence-electron chi connectivity index (χ1n) is 6.43. The molecule has 21 heavy (non-hydrogen) atoms. The van der Waals surface area contributed by atoms with Crippen LogP contribution in [0.5, 0.6) is 0 Å². The third kappa shape index (κ3) is 3.19. The van der Waals surface area contributed by atoms with Gasteiger partial charge in [0, 0.05) is 36.6 Å². The minimum absolute atomic E-state index is 0.0388. The molecule has 0 radical (unpaired) electrons. The van der Waals surface area contributed by atoms with E-state index in [1.807, 2.05) is 6.07 Å². The fourth-order valence-corrected chi connectivity index (χ4v) is 2.13. The average Bonchev–Trinajstić information content (AvgIpc) is 2.76. The second kappa shape index (κ2) is 6.08. The van der Waals surface area contributed by atoms with E-state index in [2.05, 4.69) is 10.6 Å². The summed E-state index contributed by atoms with van der Waals surface area (Å²) in [7, 11) is 1.80. The zero-order valence-corrected chi connectivity index (χ0v) is 11.6. The summed E-state index contributed by atoms with van der Waals surface area (Å²) in [6.07, 6.45) is 0.933. The molecule has 0 atom stereocenters. The molecule has 0 unspecified atom stereocenters. The standard InChI is InChI=1S/C14H17N5O2/c1-19-11-3-2-10(18-8-20)6-9(11)7-12(19)14(21)17-5-4-13(15)16/h2-3,6-8H,4-5H2,1H3,(H3,15,16)(H,17,21)(H,18,20). The number of aromatic nitrogens is 1. The molecule has 0 bridgehead atoms. The first-order valence-corrected chi connectivity index (χ1v) is 6.43. The van der Waals surface area contributed by atoms with E-state index in [0.717, 1.165) is 10.9 Å². The number of fused-ring (bicyclic) bond motifs is 1. The highest BCUT2D eigenvalue weighted by molar-refractivity contribution is 5.99. The molecule has 7 heteroatoms. The van der Waals surface area contributed by atoms with Crippen LogP contribution in [0.1, 0.15) is 16.9 Å². The van der Waals surface area contributed by atoms with Crippen molar-refractivity contribution in [3.05, 3.63) is 30.0 Å². The summed E-state index contributed by atoms with van der Waals surface area (Å²) >= 11 is 0. The zero-order valence-electron chi connectivity index (χ0n) is 11.6. The molecule has 1 aromatic carbocycles. The molecule has 0 aliphatic carbocycles. The molecule has 0 spiro atoms. The van der Waals surface area contributed by atoms with Crippen LogP contribution in [0.2, 0.25) is 0 Å². The van der Waals surface area contributed by atoms with Crippen LogP contribution < -0.4 is 16.4 Å². The summed E-state index contributed by atoms with van der Waals surface area (Å²) in [6.45, 7) is 0.327. The number of nitrogens with one attached hydrogen (secondary N) is 3. The van der Waals surface area contributed by atoms with Gasteiger partial charge in [-0.2, -0.15) is 0 Å². The summed E-state index contributed by atoms with van der Waals surface area (Å²) in [5.41, 5.74) is 7.32. The molecule has 1 heterocycles. The first-order chi connectivity index (χ1) is 10.0. The van der Waals surface area contributed by atoms with Crippen LogP contribution in [0.15, 0.2) is 24.3 Å². The van der Waals surface area contributed by atoms with Crippen molar-refractivity contribution in [2.75, 3.05) is 11.9 Å². The molecule has 2 rings (SSSR count). The van der Waals surface area contributed by atoms with Crippen molar-refractivity contribution in [1.29, 1.82) is 5.41 Å². The molecule has 0 saturated carbocycles. The lowest BCUT2D eigenvalue weighted by atomic mass is 10.2. The topological polar surface area (TPSA) is 113 Å². The van der Waals surface area contributed by atoms with E-state index in [1.54, 1.807) is 29.8 Å². The fourth-order valence-electron chi connectivity index (χ4n) is 2.13. The van der Waals surface area contributed by atoms with Crippen LogP contribution in [-0.4, -0.2) is 29.3 Å². The lowest BCUT2D eigenvalue weighted by Gasteiger charge is -2.06. The van der Waals surface area contributed by atoms with E-state index in [1.165, 1.54) is 0 Å². The summed E-state index contributed by atoms with van der Waals surface area (Å²) in [6, 6.07) is 7.17. The summed E-state index contributed by atoms with van der Waals surface area (Å²) < 4.78 is 1.78. The Hall–Kier alpha value is -2.83. The number of aryl methyl sites for hydroxylation is 1. The number of hydrogen-bond acceptors (Lipinski definition) is 3. The third-order valence-corrected chi connectivity index (χ3v) is 3.18. The van der Waals surface area contributed by atoms with Gasteiger partial charge in [0.2, 0.25) is 6.41 Å². The molecule has 0 aliphatic heterocycles. The molecule has 110 valence electrons. The van der Waals surface area contributed by atoms with Crippen LogP contribution in [0.25, 0.3) is 10.9 Å². The van der Waals surface area contributed by atoms with Crippen LogP contribution in [0.4, 0.5) is 5.69 Å². The van der Waals surface area contributed by atoms with Gasteiger partial charge >= 0.3 is 0 Å². The lowest BCUT2D eigenvalue weighted by Crippen LogP contribution is -2.28. The predicted molar refractivity (Wildman–Crippen MR) is 81.5 cm³/mol. The quantitative estimate of drug-likeness (QED) is 0.358. The van der Waals surface area contributed by atoms with E-state index in [4.69, 9.17) is 11.1 Å². The smallest absolute Gasteiger partial charge is 0.267 e. The molecule has 0 aliphatic rings. The van der Waals surface area contributed by atoms with E-state index in [0.29, 0.717) is 30.8 Å². The maximum Gasteiger partial charge on any atom is 0.267 e. The highest BCUT2D eigenvalue weighted by Gasteiger charge is 2.13. The molecular formula is C14H17N5O2. The number of amides is 2. The normalized spacial score (nSPS) is 10.3. The largest absolute Gasteiger partial charge is 0.388 e. The van der Waals surface area contributed by atoms with Gasteiger partial charge in [-0.15, -0.1) is 0 Å².